The van der Waals surface area contributed by atoms with Crippen molar-refractivity contribution in [1.29, 1.82) is 5.26 Å². The van der Waals surface area contributed by atoms with Gasteiger partial charge in [-0.15, -0.1) is 0 Å². The fourth-order valence-electron chi connectivity index (χ4n) is 1.83. The molecule has 1 aromatic carbocycles. The third-order valence-corrected chi connectivity index (χ3v) is 2.96. The molecule has 0 bridgehead atoms. The minimum Gasteiger partial charge on any atom is -0.334 e. The number of nitrogens with one attached hydrogen (secondary N) is 1. The van der Waals surface area contributed by atoms with E-state index in [2.05, 4.69) is 10.2 Å². The third kappa shape index (κ3) is 2.83. The minimum absolute atomic E-state index is 0.151. The van der Waals surface area contributed by atoms with Crippen LogP contribution in [0.4, 0.5) is 4.39 Å². The molecule has 1 amide bonds. The SMILES string of the molecule is CCN(Cc1ccc(C#N)cc1F)C(=O)c1cn[nH]c1. The Morgan fingerprint density at radius 1 is 1.55 bits per heavy atom. The van der Waals surface area contributed by atoms with Gasteiger partial charge in [-0.05, 0) is 19.1 Å². The molecule has 0 saturated heterocycles. The Kier molecular flexibility index (Phi) is 4.11. The minimum atomic E-state index is -0.484. The van der Waals surface area contributed by atoms with Gasteiger partial charge in [-0.25, -0.2) is 4.39 Å². The molecular weight excluding hydrogens is 259 g/mol. The van der Waals surface area contributed by atoms with Crippen LogP contribution in [0.5, 0.6) is 0 Å². The van der Waals surface area contributed by atoms with Gasteiger partial charge in [-0.1, -0.05) is 6.07 Å². The van der Waals surface area contributed by atoms with Gasteiger partial charge in [0.2, 0.25) is 0 Å². The molecule has 6 heteroatoms. The second kappa shape index (κ2) is 5.97. The number of hydrogen-bond acceptors (Lipinski definition) is 3. The van der Waals surface area contributed by atoms with Crippen molar-refractivity contribution >= 4 is 5.91 Å². The van der Waals surface area contributed by atoms with Crippen molar-refractivity contribution in [1.82, 2.24) is 15.1 Å². The molecule has 0 spiro atoms. The molecule has 20 heavy (non-hydrogen) atoms. The summed E-state index contributed by atoms with van der Waals surface area (Å²) < 4.78 is 13.8. The van der Waals surface area contributed by atoms with E-state index < -0.39 is 5.82 Å². The first-order valence-electron chi connectivity index (χ1n) is 6.12. The summed E-state index contributed by atoms with van der Waals surface area (Å²) >= 11 is 0. The van der Waals surface area contributed by atoms with Crippen molar-refractivity contribution in [3.63, 3.8) is 0 Å². The van der Waals surface area contributed by atoms with Crippen molar-refractivity contribution in [3.05, 3.63) is 53.1 Å². The highest BCUT2D eigenvalue weighted by molar-refractivity contribution is 5.93. The molecule has 0 aliphatic rings. The highest BCUT2D eigenvalue weighted by Gasteiger charge is 2.17. The van der Waals surface area contributed by atoms with Crippen LogP contribution in [0.3, 0.4) is 0 Å². The second-order valence-corrected chi connectivity index (χ2v) is 4.22. The summed E-state index contributed by atoms with van der Waals surface area (Å²) in [4.78, 5) is 13.7. The third-order valence-electron chi connectivity index (χ3n) is 2.96. The first-order chi connectivity index (χ1) is 9.65. The average Bonchev–Trinajstić information content (AvgIpc) is 2.99. The number of nitriles is 1. The summed E-state index contributed by atoms with van der Waals surface area (Å²) in [5.41, 5.74) is 1.07. The Labute approximate surface area is 115 Å². The maximum atomic E-state index is 13.8. The summed E-state index contributed by atoms with van der Waals surface area (Å²) in [7, 11) is 0. The number of aromatic nitrogens is 2. The number of hydrogen-bond donors (Lipinski definition) is 1. The van der Waals surface area contributed by atoms with Crippen LogP contribution in [0, 0.1) is 17.1 Å². The van der Waals surface area contributed by atoms with Gasteiger partial charge in [0.05, 0.1) is 23.4 Å². The number of amides is 1. The summed E-state index contributed by atoms with van der Waals surface area (Å²) in [6.45, 7) is 2.42. The molecule has 0 radical (unpaired) electrons. The first-order valence-corrected chi connectivity index (χ1v) is 6.12. The molecule has 0 unspecified atom stereocenters. The van der Waals surface area contributed by atoms with Gasteiger partial charge in [0.25, 0.3) is 5.91 Å². The predicted octanol–water partition coefficient (Wildman–Crippen LogP) is 2.08. The molecule has 102 valence electrons. The predicted molar refractivity (Wildman–Crippen MR) is 70.1 cm³/mol. The number of carbonyl (C=O) groups excluding carboxylic acids is 1. The Hall–Kier alpha value is -2.68. The van der Waals surface area contributed by atoms with E-state index in [1.807, 2.05) is 13.0 Å². The molecular formula is C14H13FN4O. The van der Waals surface area contributed by atoms with E-state index in [0.29, 0.717) is 17.7 Å². The summed E-state index contributed by atoms with van der Waals surface area (Å²) in [5, 5.41) is 15.0. The lowest BCUT2D eigenvalue weighted by Crippen LogP contribution is -2.30. The van der Waals surface area contributed by atoms with Crippen LogP contribution in [0.15, 0.2) is 30.6 Å². The molecule has 1 aromatic heterocycles. The summed E-state index contributed by atoms with van der Waals surface area (Å²) in [5.74, 6) is -0.701. The highest BCUT2D eigenvalue weighted by Crippen LogP contribution is 2.14. The zero-order valence-corrected chi connectivity index (χ0v) is 10.9. The molecule has 0 fully saturated rings. The molecule has 0 aliphatic carbocycles. The molecule has 2 aromatic rings. The largest absolute Gasteiger partial charge is 0.334 e. The van der Waals surface area contributed by atoms with Crippen molar-refractivity contribution in [3.8, 4) is 6.07 Å². The van der Waals surface area contributed by atoms with Crippen LogP contribution < -0.4 is 0 Å². The lowest BCUT2D eigenvalue weighted by molar-refractivity contribution is 0.0751. The molecule has 1 N–H and O–H groups in total. The normalized spacial score (nSPS) is 10.1. The number of aromatic amines is 1. The van der Waals surface area contributed by atoms with Crippen LogP contribution in [-0.2, 0) is 6.54 Å². The number of benzene rings is 1. The van der Waals surface area contributed by atoms with Crippen LogP contribution in [0.25, 0.3) is 0 Å². The van der Waals surface area contributed by atoms with Crippen molar-refractivity contribution in [2.45, 2.75) is 13.5 Å². The van der Waals surface area contributed by atoms with Crippen LogP contribution in [-0.4, -0.2) is 27.5 Å². The van der Waals surface area contributed by atoms with Gasteiger partial charge < -0.3 is 4.90 Å². The van der Waals surface area contributed by atoms with E-state index >= 15 is 0 Å². The van der Waals surface area contributed by atoms with Gasteiger partial charge in [0.15, 0.2) is 0 Å². The number of rotatable bonds is 4. The number of carbonyl (C=O) groups is 1. The van der Waals surface area contributed by atoms with Crippen molar-refractivity contribution in [2.75, 3.05) is 6.54 Å². The number of nitrogens with zero attached hydrogens (tertiary/aromatic N) is 3. The van der Waals surface area contributed by atoms with Gasteiger partial charge in [-0.2, -0.15) is 10.4 Å². The molecule has 0 saturated carbocycles. The van der Waals surface area contributed by atoms with Crippen molar-refractivity contribution in [2.24, 2.45) is 0 Å². The van der Waals surface area contributed by atoms with E-state index in [9.17, 15) is 9.18 Å². The molecule has 2 rings (SSSR count). The standard InChI is InChI=1S/C14H13FN4O/c1-2-19(14(20)12-7-17-18-8-12)9-11-4-3-10(6-16)5-13(11)15/h3-5,7-8H,2,9H2,1H3,(H,17,18). The fourth-order valence-corrected chi connectivity index (χ4v) is 1.83. The Bertz CT molecular complexity index is 646. The van der Waals surface area contributed by atoms with Crippen LogP contribution >= 0.6 is 0 Å². The quantitative estimate of drug-likeness (QED) is 0.926. The summed E-state index contributed by atoms with van der Waals surface area (Å²) in [6.07, 6.45) is 2.93. The van der Waals surface area contributed by atoms with Crippen molar-refractivity contribution < 1.29 is 9.18 Å². The lowest BCUT2D eigenvalue weighted by atomic mass is 10.1. The lowest BCUT2D eigenvalue weighted by Gasteiger charge is -2.20. The van der Waals surface area contributed by atoms with Gasteiger partial charge in [0, 0.05) is 24.8 Å². The van der Waals surface area contributed by atoms with Crippen LogP contribution in [0.2, 0.25) is 0 Å². The Morgan fingerprint density at radius 2 is 2.35 bits per heavy atom. The molecule has 1 heterocycles. The van der Waals surface area contributed by atoms with E-state index in [1.54, 1.807) is 0 Å². The van der Waals surface area contributed by atoms with E-state index in [1.165, 1.54) is 35.5 Å². The fraction of sp³-hybridized carbons (Fsp3) is 0.214. The highest BCUT2D eigenvalue weighted by atomic mass is 19.1. The second-order valence-electron chi connectivity index (χ2n) is 4.22. The van der Waals surface area contributed by atoms with E-state index in [-0.39, 0.29) is 18.0 Å². The van der Waals surface area contributed by atoms with Gasteiger partial charge in [0.1, 0.15) is 5.82 Å². The topological polar surface area (TPSA) is 72.8 Å². The zero-order valence-electron chi connectivity index (χ0n) is 10.9. The van der Waals surface area contributed by atoms with Gasteiger partial charge >= 0.3 is 0 Å². The summed E-state index contributed by atoms with van der Waals surface area (Å²) in [6, 6.07) is 6.11. The molecule has 5 nitrogen and oxygen atoms in total. The first kappa shape index (κ1) is 13.7. The van der Waals surface area contributed by atoms with Crippen LogP contribution in [0.1, 0.15) is 28.4 Å². The Balaban J connectivity index is 2.19. The molecule has 0 atom stereocenters. The Morgan fingerprint density at radius 3 is 2.90 bits per heavy atom. The number of H-pyrrole nitrogens is 1. The molecule has 0 aliphatic heterocycles. The maximum Gasteiger partial charge on any atom is 0.257 e. The zero-order chi connectivity index (χ0) is 14.5. The average molecular weight is 272 g/mol. The van der Waals surface area contributed by atoms with E-state index in [4.69, 9.17) is 5.26 Å². The van der Waals surface area contributed by atoms with Gasteiger partial charge in [-0.3, -0.25) is 9.89 Å². The number of halogens is 1. The van der Waals surface area contributed by atoms with E-state index in [0.717, 1.165) is 0 Å². The monoisotopic (exact) mass is 272 g/mol. The maximum absolute atomic E-state index is 13.8. The smallest absolute Gasteiger partial charge is 0.257 e.